The number of benzene rings is 1. The molecule has 0 bridgehead atoms. The zero-order valence-electron chi connectivity index (χ0n) is 11.1. The first-order valence-electron chi connectivity index (χ1n) is 6.27. The smallest absolute Gasteiger partial charge is 0.246 e. The Morgan fingerprint density at radius 3 is 2.61 bits per heavy atom. The molecule has 0 aliphatic rings. The van der Waals surface area contributed by atoms with Crippen molar-refractivity contribution in [1.29, 1.82) is 0 Å². The molecular weight excluding hydrogens is 228 g/mol. The van der Waals surface area contributed by atoms with E-state index < -0.39 is 0 Å². The minimum absolute atomic E-state index is 0.0638. The number of hydrogen-bond donors (Lipinski definition) is 2. The first-order chi connectivity index (χ1) is 8.58. The topological polar surface area (TPSA) is 64.3 Å². The maximum absolute atomic E-state index is 11.4. The molecule has 1 aromatic carbocycles. The number of anilines is 1. The van der Waals surface area contributed by atoms with Crippen LogP contribution in [0, 0.1) is 5.92 Å². The van der Waals surface area contributed by atoms with Crippen molar-refractivity contribution >= 4 is 11.6 Å². The summed E-state index contributed by atoms with van der Waals surface area (Å²) in [7, 11) is 0. The quantitative estimate of drug-likeness (QED) is 0.727. The molecule has 4 nitrogen and oxygen atoms in total. The maximum Gasteiger partial charge on any atom is 0.246 e. The summed E-state index contributed by atoms with van der Waals surface area (Å²) in [6, 6.07) is 7.43. The lowest BCUT2D eigenvalue weighted by Gasteiger charge is -2.08. The van der Waals surface area contributed by atoms with Crippen molar-refractivity contribution in [2.24, 2.45) is 5.92 Å². The van der Waals surface area contributed by atoms with Crippen LogP contribution >= 0.6 is 0 Å². The number of amides is 1. The number of hydrogen-bond acceptors (Lipinski definition) is 3. The standard InChI is InChI=1S/C14H22N2O2/c1-11(2)7-8-16-14(17)10-18-9-12-3-5-13(15)6-4-12/h3-6,11H,7-10,15H2,1-2H3,(H,16,17). The molecule has 0 aliphatic carbocycles. The first kappa shape index (κ1) is 14.5. The van der Waals surface area contributed by atoms with Gasteiger partial charge in [-0.2, -0.15) is 0 Å². The Labute approximate surface area is 109 Å². The predicted octanol–water partition coefficient (Wildman–Crippen LogP) is 1.95. The van der Waals surface area contributed by atoms with E-state index in [-0.39, 0.29) is 12.5 Å². The summed E-state index contributed by atoms with van der Waals surface area (Å²) in [5, 5.41) is 2.83. The van der Waals surface area contributed by atoms with Gasteiger partial charge in [-0.1, -0.05) is 26.0 Å². The van der Waals surface area contributed by atoms with E-state index in [9.17, 15) is 4.79 Å². The second-order valence-corrected chi connectivity index (χ2v) is 4.77. The highest BCUT2D eigenvalue weighted by Crippen LogP contribution is 2.06. The Kier molecular flexibility index (Phi) is 6.22. The van der Waals surface area contributed by atoms with E-state index in [1.807, 2.05) is 24.3 Å². The molecule has 0 fully saturated rings. The van der Waals surface area contributed by atoms with Crippen molar-refractivity contribution in [1.82, 2.24) is 5.32 Å². The van der Waals surface area contributed by atoms with Crippen molar-refractivity contribution in [3.63, 3.8) is 0 Å². The molecular formula is C14H22N2O2. The third-order valence-corrected chi connectivity index (χ3v) is 2.53. The van der Waals surface area contributed by atoms with Gasteiger partial charge in [0.15, 0.2) is 0 Å². The van der Waals surface area contributed by atoms with Crippen LogP contribution in [-0.2, 0) is 16.1 Å². The van der Waals surface area contributed by atoms with Gasteiger partial charge in [-0.3, -0.25) is 4.79 Å². The number of carbonyl (C=O) groups excluding carboxylic acids is 1. The van der Waals surface area contributed by atoms with Gasteiger partial charge in [0.05, 0.1) is 6.61 Å². The second-order valence-electron chi connectivity index (χ2n) is 4.77. The number of rotatable bonds is 7. The average Bonchev–Trinajstić information content (AvgIpc) is 2.31. The lowest BCUT2D eigenvalue weighted by Crippen LogP contribution is -2.29. The van der Waals surface area contributed by atoms with Crippen LogP contribution < -0.4 is 11.1 Å². The van der Waals surface area contributed by atoms with E-state index in [1.54, 1.807) is 0 Å². The van der Waals surface area contributed by atoms with Crippen LogP contribution in [0.4, 0.5) is 5.69 Å². The Bertz CT molecular complexity index is 361. The van der Waals surface area contributed by atoms with Gasteiger partial charge in [0, 0.05) is 12.2 Å². The first-order valence-corrected chi connectivity index (χ1v) is 6.27. The fraction of sp³-hybridized carbons (Fsp3) is 0.500. The van der Waals surface area contributed by atoms with Gasteiger partial charge in [-0.25, -0.2) is 0 Å². The number of nitrogens with one attached hydrogen (secondary N) is 1. The van der Waals surface area contributed by atoms with Crippen LogP contribution in [0.2, 0.25) is 0 Å². The molecule has 0 unspecified atom stereocenters. The number of carbonyl (C=O) groups is 1. The van der Waals surface area contributed by atoms with Crippen LogP contribution in [0.3, 0.4) is 0 Å². The van der Waals surface area contributed by atoms with Crippen LogP contribution in [0.1, 0.15) is 25.8 Å². The van der Waals surface area contributed by atoms with E-state index in [0.29, 0.717) is 19.1 Å². The molecule has 4 heteroatoms. The Hall–Kier alpha value is -1.55. The number of nitrogens with two attached hydrogens (primary N) is 1. The summed E-state index contributed by atoms with van der Waals surface area (Å²) in [5.74, 6) is 0.534. The Morgan fingerprint density at radius 1 is 1.33 bits per heavy atom. The highest BCUT2D eigenvalue weighted by Gasteiger charge is 2.02. The SMILES string of the molecule is CC(C)CCNC(=O)COCc1ccc(N)cc1. The van der Waals surface area contributed by atoms with E-state index in [2.05, 4.69) is 19.2 Å². The van der Waals surface area contributed by atoms with Gasteiger partial charge in [-0.05, 0) is 30.0 Å². The van der Waals surface area contributed by atoms with Gasteiger partial charge in [0.25, 0.3) is 0 Å². The highest BCUT2D eigenvalue weighted by atomic mass is 16.5. The molecule has 0 aromatic heterocycles. The number of ether oxygens (including phenoxy) is 1. The monoisotopic (exact) mass is 250 g/mol. The molecule has 0 atom stereocenters. The van der Waals surface area contributed by atoms with Crippen LogP contribution in [0.5, 0.6) is 0 Å². The fourth-order valence-corrected chi connectivity index (χ4v) is 1.43. The van der Waals surface area contributed by atoms with Crippen molar-refractivity contribution in [2.75, 3.05) is 18.9 Å². The molecule has 0 spiro atoms. The van der Waals surface area contributed by atoms with Gasteiger partial charge < -0.3 is 15.8 Å². The summed E-state index contributed by atoms with van der Waals surface area (Å²) in [5.41, 5.74) is 7.32. The normalized spacial score (nSPS) is 10.6. The minimum Gasteiger partial charge on any atom is -0.399 e. The highest BCUT2D eigenvalue weighted by molar-refractivity contribution is 5.77. The van der Waals surface area contributed by atoms with Crippen molar-refractivity contribution in [2.45, 2.75) is 26.9 Å². The third-order valence-electron chi connectivity index (χ3n) is 2.53. The lowest BCUT2D eigenvalue weighted by molar-refractivity contribution is -0.126. The Balaban J connectivity index is 2.13. The van der Waals surface area contributed by atoms with E-state index >= 15 is 0 Å². The summed E-state index contributed by atoms with van der Waals surface area (Å²) < 4.78 is 5.33. The molecule has 0 radical (unpaired) electrons. The third kappa shape index (κ3) is 6.25. The minimum atomic E-state index is -0.0638. The second kappa shape index (κ2) is 7.71. The van der Waals surface area contributed by atoms with Crippen LogP contribution in [0.25, 0.3) is 0 Å². The zero-order chi connectivity index (χ0) is 13.4. The molecule has 0 saturated carbocycles. The summed E-state index contributed by atoms with van der Waals surface area (Å²) in [6.45, 7) is 5.50. The molecule has 1 amide bonds. The molecule has 100 valence electrons. The summed E-state index contributed by atoms with van der Waals surface area (Å²) in [6.07, 6.45) is 0.990. The predicted molar refractivity (Wildman–Crippen MR) is 73.0 cm³/mol. The largest absolute Gasteiger partial charge is 0.399 e. The lowest BCUT2D eigenvalue weighted by atomic mass is 10.1. The van der Waals surface area contributed by atoms with Gasteiger partial charge >= 0.3 is 0 Å². The zero-order valence-corrected chi connectivity index (χ0v) is 11.1. The molecule has 3 N–H and O–H groups in total. The molecule has 18 heavy (non-hydrogen) atoms. The fourth-order valence-electron chi connectivity index (χ4n) is 1.43. The van der Waals surface area contributed by atoms with Crippen LogP contribution in [-0.4, -0.2) is 19.1 Å². The Morgan fingerprint density at radius 2 is 2.00 bits per heavy atom. The van der Waals surface area contributed by atoms with Gasteiger partial charge in [-0.15, -0.1) is 0 Å². The molecule has 0 aliphatic heterocycles. The summed E-state index contributed by atoms with van der Waals surface area (Å²) in [4.78, 5) is 11.4. The van der Waals surface area contributed by atoms with Crippen LogP contribution in [0.15, 0.2) is 24.3 Å². The average molecular weight is 250 g/mol. The van der Waals surface area contributed by atoms with Gasteiger partial charge in [0.1, 0.15) is 6.61 Å². The van der Waals surface area contributed by atoms with E-state index in [1.165, 1.54) is 0 Å². The number of nitrogen functional groups attached to an aromatic ring is 1. The van der Waals surface area contributed by atoms with E-state index in [0.717, 1.165) is 17.7 Å². The van der Waals surface area contributed by atoms with Gasteiger partial charge in [0.2, 0.25) is 5.91 Å². The van der Waals surface area contributed by atoms with Crippen molar-refractivity contribution in [3.05, 3.63) is 29.8 Å². The molecule has 1 rings (SSSR count). The maximum atomic E-state index is 11.4. The summed E-state index contributed by atoms with van der Waals surface area (Å²) >= 11 is 0. The molecule has 0 heterocycles. The molecule has 0 saturated heterocycles. The van der Waals surface area contributed by atoms with E-state index in [4.69, 9.17) is 10.5 Å². The van der Waals surface area contributed by atoms with Crippen molar-refractivity contribution in [3.8, 4) is 0 Å². The molecule has 1 aromatic rings. The van der Waals surface area contributed by atoms with Crippen molar-refractivity contribution < 1.29 is 9.53 Å².